The Morgan fingerprint density at radius 2 is 1.44 bits per heavy atom. The topological polar surface area (TPSA) is 75.9 Å². The van der Waals surface area contributed by atoms with E-state index < -0.39 is 0 Å². The van der Waals surface area contributed by atoms with E-state index in [9.17, 15) is 0 Å². The Labute approximate surface area is 148 Å². The van der Waals surface area contributed by atoms with E-state index in [1.165, 1.54) is 6.33 Å². The minimum atomic E-state index is -0.0429. The predicted molar refractivity (Wildman–Crippen MR) is 104 cm³/mol. The van der Waals surface area contributed by atoms with Gasteiger partial charge in [-0.25, -0.2) is 9.97 Å². The Kier molecular flexibility index (Phi) is 5.46. The van der Waals surface area contributed by atoms with Crippen molar-refractivity contribution in [3.05, 3.63) is 78.1 Å². The summed E-state index contributed by atoms with van der Waals surface area (Å²) in [5.41, 5.74) is 9.11. The first-order chi connectivity index (χ1) is 12.3. The highest BCUT2D eigenvalue weighted by molar-refractivity contribution is 5.74. The SMILES string of the molecule is CCCNc1ncnc(NC(c2ccccc2)c2ccccc2)c1N. The number of aromatic nitrogens is 2. The Morgan fingerprint density at radius 3 is 2.00 bits per heavy atom. The first-order valence-corrected chi connectivity index (χ1v) is 8.50. The third-order valence-electron chi connectivity index (χ3n) is 3.97. The van der Waals surface area contributed by atoms with Crippen molar-refractivity contribution in [2.75, 3.05) is 22.9 Å². The maximum atomic E-state index is 6.28. The van der Waals surface area contributed by atoms with Crippen molar-refractivity contribution < 1.29 is 0 Å². The lowest BCUT2D eigenvalue weighted by Gasteiger charge is -2.22. The van der Waals surface area contributed by atoms with Crippen molar-refractivity contribution in [1.29, 1.82) is 0 Å². The summed E-state index contributed by atoms with van der Waals surface area (Å²) < 4.78 is 0. The van der Waals surface area contributed by atoms with Crippen molar-refractivity contribution in [3.8, 4) is 0 Å². The van der Waals surface area contributed by atoms with Crippen LogP contribution in [0.1, 0.15) is 30.5 Å². The minimum absolute atomic E-state index is 0.0429. The van der Waals surface area contributed by atoms with Gasteiger partial charge in [0.25, 0.3) is 0 Å². The van der Waals surface area contributed by atoms with E-state index in [4.69, 9.17) is 5.73 Å². The lowest BCUT2D eigenvalue weighted by Crippen LogP contribution is -2.16. The second-order valence-electron chi connectivity index (χ2n) is 5.81. The van der Waals surface area contributed by atoms with Gasteiger partial charge in [0.05, 0.1) is 6.04 Å². The molecule has 0 amide bonds. The Bertz CT molecular complexity index is 750. The van der Waals surface area contributed by atoms with Gasteiger partial charge in [0.2, 0.25) is 0 Å². The molecular formula is C20H23N5. The molecule has 5 heteroatoms. The van der Waals surface area contributed by atoms with E-state index >= 15 is 0 Å². The molecule has 3 aromatic rings. The lowest BCUT2D eigenvalue weighted by atomic mass is 9.99. The maximum Gasteiger partial charge on any atom is 0.155 e. The fraction of sp³-hybridized carbons (Fsp3) is 0.200. The highest BCUT2D eigenvalue weighted by Crippen LogP contribution is 2.30. The monoisotopic (exact) mass is 333 g/mol. The molecule has 128 valence electrons. The van der Waals surface area contributed by atoms with Crippen molar-refractivity contribution >= 4 is 17.3 Å². The molecule has 5 nitrogen and oxygen atoms in total. The Morgan fingerprint density at radius 1 is 0.880 bits per heavy atom. The zero-order chi connectivity index (χ0) is 17.5. The molecule has 0 radical (unpaired) electrons. The van der Waals surface area contributed by atoms with Gasteiger partial charge in [-0.3, -0.25) is 0 Å². The molecule has 0 aliphatic carbocycles. The van der Waals surface area contributed by atoms with Crippen LogP contribution in [-0.4, -0.2) is 16.5 Å². The number of hydrogen-bond donors (Lipinski definition) is 3. The normalized spacial score (nSPS) is 10.6. The second kappa shape index (κ2) is 8.15. The Hall–Kier alpha value is -3.08. The molecule has 0 aliphatic heterocycles. The molecule has 0 atom stereocenters. The zero-order valence-electron chi connectivity index (χ0n) is 14.3. The van der Waals surface area contributed by atoms with Crippen LogP contribution in [0.25, 0.3) is 0 Å². The molecule has 0 bridgehead atoms. The fourth-order valence-corrected chi connectivity index (χ4v) is 2.68. The molecule has 3 rings (SSSR count). The minimum Gasteiger partial charge on any atom is -0.393 e. The molecule has 25 heavy (non-hydrogen) atoms. The van der Waals surface area contributed by atoms with Gasteiger partial charge in [0.1, 0.15) is 12.0 Å². The molecular weight excluding hydrogens is 310 g/mol. The number of nitrogen functional groups attached to an aromatic ring is 1. The molecule has 0 spiro atoms. The van der Waals surface area contributed by atoms with Gasteiger partial charge in [-0.15, -0.1) is 0 Å². The average Bonchev–Trinajstić information content (AvgIpc) is 2.67. The van der Waals surface area contributed by atoms with E-state index in [2.05, 4.69) is 51.8 Å². The molecule has 1 aromatic heterocycles. The summed E-state index contributed by atoms with van der Waals surface area (Å²) in [5, 5.41) is 6.72. The van der Waals surface area contributed by atoms with E-state index in [0.29, 0.717) is 17.3 Å². The molecule has 1 heterocycles. The van der Waals surface area contributed by atoms with Crippen LogP contribution in [0.4, 0.5) is 17.3 Å². The van der Waals surface area contributed by atoms with Crippen LogP contribution < -0.4 is 16.4 Å². The smallest absolute Gasteiger partial charge is 0.155 e. The fourth-order valence-electron chi connectivity index (χ4n) is 2.68. The number of nitrogens with zero attached hydrogens (tertiary/aromatic N) is 2. The first-order valence-electron chi connectivity index (χ1n) is 8.50. The van der Waals surface area contributed by atoms with Gasteiger partial charge in [0, 0.05) is 6.54 Å². The molecule has 0 saturated heterocycles. The summed E-state index contributed by atoms with van der Waals surface area (Å²) in [6.45, 7) is 2.92. The standard InChI is InChI=1S/C20H23N5/c1-2-13-22-19-17(21)20(24-14-23-19)25-18(15-9-5-3-6-10-15)16-11-7-4-8-12-16/h3-12,14,18H,2,13,21H2,1H3,(H2,22,23,24,25). The van der Waals surface area contributed by atoms with Gasteiger partial charge in [-0.1, -0.05) is 67.6 Å². The van der Waals surface area contributed by atoms with E-state index in [1.54, 1.807) is 0 Å². The number of rotatable bonds is 7. The highest BCUT2D eigenvalue weighted by Gasteiger charge is 2.17. The van der Waals surface area contributed by atoms with Crippen molar-refractivity contribution in [2.24, 2.45) is 0 Å². The van der Waals surface area contributed by atoms with Crippen molar-refractivity contribution in [3.63, 3.8) is 0 Å². The molecule has 0 fully saturated rings. The van der Waals surface area contributed by atoms with Crippen LogP contribution in [0.3, 0.4) is 0 Å². The summed E-state index contributed by atoms with van der Waals surface area (Å²) in [7, 11) is 0. The lowest BCUT2D eigenvalue weighted by molar-refractivity contribution is 0.920. The predicted octanol–water partition coefficient (Wildman–Crippen LogP) is 4.08. The van der Waals surface area contributed by atoms with E-state index in [0.717, 1.165) is 24.1 Å². The molecule has 0 aliphatic rings. The van der Waals surface area contributed by atoms with Crippen LogP contribution in [0.5, 0.6) is 0 Å². The number of nitrogens with one attached hydrogen (secondary N) is 2. The third kappa shape index (κ3) is 4.07. The van der Waals surface area contributed by atoms with Crippen LogP contribution in [-0.2, 0) is 0 Å². The summed E-state index contributed by atoms with van der Waals surface area (Å²) in [5.74, 6) is 1.30. The summed E-state index contributed by atoms with van der Waals surface area (Å²) in [6, 6.07) is 20.5. The molecule has 0 unspecified atom stereocenters. The number of nitrogens with two attached hydrogens (primary N) is 1. The van der Waals surface area contributed by atoms with Crippen LogP contribution in [0, 0.1) is 0 Å². The van der Waals surface area contributed by atoms with Gasteiger partial charge in [-0.2, -0.15) is 0 Å². The molecule has 0 saturated carbocycles. The van der Waals surface area contributed by atoms with E-state index in [1.807, 2.05) is 36.4 Å². The average molecular weight is 333 g/mol. The second-order valence-corrected chi connectivity index (χ2v) is 5.81. The number of hydrogen-bond acceptors (Lipinski definition) is 5. The van der Waals surface area contributed by atoms with Gasteiger partial charge < -0.3 is 16.4 Å². The Balaban J connectivity index is 1.94. The summed E-state index contributed by atoms with van der Waals surface area (Å²) in [4.78, 5) is 8.59. The van der Waals surface area contributed by atoms with Crippen LogP contribution in [0.15, 0.2) is 67.0 Å². The number of benzene rings is 2. The summed E-state index contributed by atoms with van der Waals surface area (Å²) >= 11 is 0. The van der Waals surface area contributed by atoms with Gasteiger partial charge in [-0.05, 0) is 17.5 Å². The summed E-state index contributed by atoms with van der Waals surface area (Å²) in [6.07, 6.45) is 2.53. The molecule has 4 N–H and O–H groups in total. The van der Waals surface area contributed by atoms with Crippen molar-refractivity contribution in [2.45, 2.75) is 19.4 Å². The number of anilines is 3. The third-order valence-corrected chi connectivity index (χ3v) is 3.97. The highest BCUT2D eigenvalue weighted by atomic mass is 15.1. The quantitative estimate of drug-likeness (QED) is 0.607. The zero-order valence-corrected chi connectivity index (χ0v) is 14.3. The van der Waals surface area contributed by atoms with Crippen molar-refractivity contribution in [1.82, 2.24) is 9.97 Å². The van der Waals surface area contributed by atoms with E-state index in [-0.39, 0.29) is 6.04 Å². The largest absolute Gasteiger partial charge is 0.393 e. The van der Waals surface area contributed by atoms with Crippen LogP contribution in [0.2, 0.25) is 0 Å². The first kappa shape index (κ1) is 16.8. The molecule has 2 aromatic carbocycles. The van der Waals surface area contributed by atoms with Crippen LogP contribution >= 0.6 is 0 Å². The maximum absolute atomic E-state index is 6.28. The van der Waals surface area contributed by atoms with Gasteiger partial charge in [0.15, 0.2) is 11.6 Å². The van der Waals surface area contributed by atoms with Gasteiger partial charge >= 0.3 is 0 Å².